The molecule has 0 aliphatic heterocycles. The lowest BCUT2D eigenvalue weighted by Crippen LogP contribution is -2.36. The van der Waals surface area contributed by atoms with Crippen LogP contribution < -0.4 is 10.6 Å². The molecule has 1 heterocycles. The number of benzene rings is 2. The molecule has 1 aromatic heterocycles. The molecular weight excluding hydrogens is 342 g/mol. The maximum atomic E-state index is 12.0. The highest BCUT2D eigenvalue weighted by molar-refractivity contribution is 7.15. The summed E-state index contributed by atoms with van der Waals surface area (Å²) in [6, 6.07) is 18.2. The van der Waals surface area contributed by atoms with E-state index in [4.69, 9.17) is 0 Å². The molecule has 3 aromatic rings. The first-order valence-electron chi connectivity index (χ1n) is 8.71. The number of urea groups is 1. The van der Waals surface area contributed by atoms with Gasteiger partial charge in [-0.15, -0.1) is 11.3 Å². The van der Waals surface area contributed by atoms with Gasteiger partial charge in [0.05, 0.1) is 12.2 Å². The fourth-order valence-corrected chi connectivity index (χ4v) is 3.80. The fraction of sp³-hybridized carbons (Fsp3) is 0.238. The van der Waals surface area contributed by atoms with Crippen molar-refractivity contribution in [1.82, 2.24) is 15.6 Å². The lowest BCUT2D eigenvalue weighted by Gasteiger charge is -2.07. The molecule has 2 amide bonds. The Morgan fingerprint density at radius 3 is 2.50 bits per heavy atom. The van der Waals surface area contributed by atoms with Gasteiger partial charge in [-0.1, -0.05) is 54.6 Å². The largest absolute Gasteiger partial charge is 0.338 e. The maximum absolute atomic E-state index is 12.0. The topological polar surface area (TPSA) is 54.0 Å². The van der Waals surface area contributed by atoms with Gasteiger partial charge in [-0.3, -0.25) is 0 Å². The van der Waals surface area contributed by atoms with Gasteiger partial charge in [-0.2, -0.15) is 0 Å². The van der Waals surface area contributed by atoms with Crippen LogP contribution in [-0.4, -0.2) is 17.6 Å². The van der Waals surface area contributed by atoms with Crippen LogP contribution in [0.1, 0.15) is 21.7 Å². The van der Waals surface area contributed by atoms with Gasteiger partial charge in [-0.05, 0) is 31.4 Å². The highest BCUT2D eigenvalue weighted by Crippen LogP contribution is 2.29. The molecule has 0 unspecified atom stereocenters. The summed E-state index contributed by atoms with van der Waals surface area (Å²) in [5.74, 6) is 0. The van der Waals surface area contributed by atoms with Crippen molar-refractivity contribution < 1.29 is 4.79 Å². The van der Waals surface area contributed by atoms with Gasteiger partial charge in [-0.25, -0.2) is 9.78 Å². The number of rotatable bonds is 6. The summed E-state index contributed by atoms with van der Waals surface area (Å²) in [6.45, 7) is 5.19. The van der Waals surface area contributed by atoms with Crippen molar-refractivity contribution in [3.63, 3.8) is 0 Å². The third kappa shape index (κ3) is 4.70. The summed E-state index contributed by atoms with van der Waals surface area (Å²) in [5, 5.41) is 6.83. The van der Waals surface area contributed by atoms with Crippen molar-refractivity contribution in [3.05, 3.63) is 76.3 Å². The third-order valence-electron chi connectivity index (χ3n) is 4.22. The molecule has 3 rings (SSSR count). The van der Waals surface area contributed by atoms with E-state index in [9.17, 15) is 4.79 Å². The van der Waals surface area contributed by atoms with Crippen molar-refractivity contribution in [3.8, 4) is 10.6 Å². The zero-order valence-electron chi connectivity index (χ0n) is 15.1. The lowest BCUT2D eigenvalue weighted by molar-refractivity contribution is 0.240. The summed E-state index contributed by atoms with van der Waals surface area (Å²) >= 11 is 1.64. The van der Waals surface area contributed by atoms with Crippen molar-refractivity contribution in [2.24, 2.45) is 0 Å². The number of carbonyl (C=O) groups excluding carboxylic acids is 1. The Labute approximate surface area is 158 Å². The highest BCUT2D eigenvalue weighted by atomic mass is 32.1. The first-order valence-corrected chi connectivity index (χ1v) is 9.53. The van der Waals surface area contributed by atoms with Crippen LogP contribution in [-0.2, 0) is 13.0 Å². The Hall–Kier alpha value is -2.66. The molecule has 4 nitrogen and oxygen atoms in total. The van der Waals surface area contributed by atoms with Crippen molar-refractivity contribution in [1.29, 1.82) is 0 Å². The first kappa shape index (κ1) is 18.1. The van der Waals surface area contributed by atoms with E-state index in [1.54, 1.807) is 11.3 Å². The predicted molar refractivity (Wildman–Crippen MR) is 107 cm³/mol. The van der Waals surface area contributed by atoms with E-state index >= 15 is 0 Å². The smallest absolute Gasteiger partial charge is 0.315 e. The Bertz CT molecular complexity index is 874. The summed E-state index contributed by atoms with van der Waals surface area (Å²) in [7, 11) is 0. The zero-order valence-corrected chi connectivity index (χ0v) is 15.9. The number of amides is 2. The van der Waals surface area contributed by atoms with Crippen LogP contribution in [0.15, 0.2) is 54.6 Å². The molecule has 0 saturated heterocycles. The normalized spacial score (nSPS) is 10.5. The van der Waals surface area contributed by atoms with Gasteiger partial charge in [0.25, 0.3) is 0 Å². The van der Waals surface area contributed by atoms with Gasteiger partial charge < -0.3 is 10.6 Å². The van der Waals surface area contributed by atoms with E-state index < -0.39 is 0 Å². The van der Waals surface area contributed by atoms with E-state index in [1.807, 2.05) is 37.3 Å². The second-order valence-corrected chi connectivity index (χ2v) is 7.27. The second kappa shape index (κ2) is 8.63. The van der Waals surface area contributed by atoms with Crippen LogP contribution in [0.2, 0.25) is 0 Å². The first-order chi connectivity index (χ1) is 12.6. The number of carbonyl (C=O) groups is 1. The summed E-state index contributed by atoms with van der Waals surface area (Å²) in [5.41, 5.74) is 4.55. The maximum Gasteiger partial charge on any atom is 0.315 e. The molecule has 5 heteroatoms. The lowest BCUT2D eigenvalue weighted by atomic mass is 10.1. The van der Waals surface area contributed by atoms with E-state index in [2.05, 4.69) is 46.8 Å². The molecule has 26 heavy (non-hydrogen) atoms. The molecule has 134 valence electrons. The minimum Gasteiger partial charge on any atom is -0.338 e. The number of thiazole rings is 1. The van der Waals surface area contributed by atoms with Crippen LogP contribution in [0.3, 0.4) is 0 Å². The average molecular weight is 366 g/mol. The standard InChI is InChI=1S/C21H23N3OS/c1-15-8-6-7-11-18(15)20-24-16(2)19(26-20)14-23-21(25)22-13-12-17-9-4-3-5-10-17/h3-11H,12-14H2,1-2H3,(H2,22,23,25). The molecular formula is C21H23N3OS. The van der Waals surface area contributed by atoms with Crippen molar-refractivity contribution in [2.45, 2.75) is 26.8 Å². The number of nitrogens with one attached hydrogen (secondary N) is 2. The molecule has 0 radical (unpaired) electrons. The minimum absolute atomic E-state index is 0.147. The van der Waals surface area contributed by atoms with Gasteiger partial charge in [0.1, 0.15) is 5.01 Å². The molecule has 0 bridgehead atoms. The summed E-state index contributed by atoms with van der Waals surface area (Å²) in [6.07, 6.45) is 0.825. The number of hydrogen-bond acceptors (Lipinski definition) is 3. The van der Waals surface area contributed by atoms with Crippen LogP contribution in [0.25, 0.3) is 10.6 Å². The monoisotopic (exact) mass is 365 g/mol. The Morgan fingerprint density at radius 2 is 1.73 bits per heavy atom. The van der Waals surface area contributed by atoms with Gasteiger partial charge in [0.2, 0.25) is 0 Å². The molecule has 0 aliphatic carbocycles. The SMILES string of the molecule is Cc1ccccc1-c1nc(C)c(CNC(=O)NCCc2ccccc2)s1. The molecule has 0 fully saturated rings. The van der Waals surface area contributed by atoms with Crippen LogP contribution in [0.4, 0.5) is 4.79 Å². The summed E-state index contributed by atoms with van der Waals surface area (Å²) in [4.78, 5) is 17.8. The van der Waals surface area contributed by atoms with Crippen LogP contribution in [0, 0.1) is 13.8 Å². The van der Waals surface area contributed by atoms with E-state index in [-0.39, 0.29) is 6.03 Å². The third-order valence-corrected chi connectivity index (χ3v) is 5.41. The molecule has 2 aromatic carbocycles. The molecule has 0 spiro atoms. The Kier molecular flexibility index (Phi) is 6.02. The number of nitrogens with zero attached hydrogens (tertiary/aromatic N) is 1. The van der Waals surface area contributed by atoms with Crippen LogP contribution >= 0.6 is 11.3 Å². The highest BCUT2D eigenvalue weighted by Gasteiger charge is 2.11. The van der Waals surface area contributed by atoms with Gasteiger partial charge in [0, 0.05) is 17.0 Å². The average Bonchev–Trinajstić information content (AvgIpc) is 3.02. The molecule has 0 aliphatic rings. The predicted octanol–water partition coefficient (Wildman–Crippen LogP) is 4.47. The van der Waals surface area contributed by atoms with Crippen molar-refractivity contribution in [2.75, 3.05) is 6.54 Å². The quantitative estimate of drug-likeness (QED) is 0.677. The second-order valence-electron chi connectivity index (χ2n) is 6.19. The molecule has 0 atom stereocenters. The number of aromatic nitrogens is 1. The Morgan fingerprint density at radius 1 is 1.00 bits per heavy atom. The molecule has 2 N–H and O–H groups in total. The van der Waals surface area contributed by atoms with E-state index in [1.165, 1.54) is 11.1 Å². The molecule has 0 saturated carbocycles. The van der Waals surface area contributed by atoms with Crippen LogP contribution in [0.5, 0.6) is 0 Å². The summed E-state index contributed by atoms with van der Waals surface area (Å²) < 4.78 is 0. The van der Waals surface area contributed by atoms with E-state index in [0.29, 0.717) is 13.1 Å². The Balaban J connectivity index is 1.51. The fourth-order valence-electron chi connectivity index (χ4n) is 2.71. The zero-order chi connectivity index (χ0) is 18.4. The van der Waals surface area contributed by atoms with Gasteiger partial charge >= 0.3 is 6.03 Å². The minimum atomic E-state index is -0.147. The number of hydrogen-bond donors (Lipinski definition) is 2. The number of aryl methyl sites for hydroxylation is 2. The van der Waals surface area contributed by atoms with E-state index in [0.717, 1.165) is 27.6 Å². The van der Waals surface area contributed by atoms with Crippen molar-refractivity contribution >= 4 is 17.4 Å². The van der Waals surface area contributed by atoms with Gasteiger partial charge in [0.15, 0.2) is 0 Å².